The van der Waals surface area contributed by atoms with Crippen molar-refractivity contribution in [1.82, 2.24) is 0 Å². The second-order valence-electron chi connectivity index (χ2n) is 8.81. The number of nitrogens with zero attached hydrogens (tertiary/aromatic N) is 1. The summed E-state index contributed by atoms with van der Waals surface area (Å²) in [5, 5.41) is 0.702. The molecule has 0 saturated heterocycles. The summed E-state index contributed by atoms with van der Waals surface area (Å²) in [6.45, 7) is 0. The van der Waals surface area contributed by atoms with Crippen LogP contribution in [0.3, 0.4) is 0 Å². The van der Waals surface area contributed by atoms with Crippen molar-refractivity contribution in [3.05, 3.63) is 111 Å². The van der Waals surface area contributed by atoms with Crippen LogP contribution < -0.4 is 10.6 Å². The molecule has 3 aromatic rings. The van der Waals surface area contributed by atoms with Crippen molar-refractivity contribution in [3.8, 4) is 0 Å². The van der Waals surface area contributed by atoms with Gasteiger partial charge in [-0.05, 0) is 41.7 Å². The molecule has 5 rings (SSSR count). The number of para-hydroxylation sites is 1. The third kappa shape index (κ3) is 4.15. The van der Waals surface area contributed by atoms with E-state index in [1.165, 1.54) is 4.90 Å². The highest BCUT2D eigenvalue weighted by Crippen LogP contribution is 2.49. The summed E-state index contributed by atoms with van der Waals surface area (Å²) in [4.78, 5) is 41.2. The Morgan fingerprint density at radius 3 is 2.31 bits per heavy atom. The first-order valence-electron chi connectivity index (χ1n) is 11.3. The van der Waals surface area contributed by atoms with E-state index in [0.29, 0.717) is 45.4 Å². The summed E-state index contributed by atoms with van der Waals surface area (Å²) in [5.41, 5.74) is 9.04. The number of carbonyl (C=O) groups excluding carboxylic acids is 3. The molecule has 35 heavy (non-hydrogen) atoms. The van der Waals surface area contributed by atoms with Crippen LogP contribution in [-0.4, -0.2) is 17.6 Å². The lowest BCUT2D eigenvalue weighted by molar-refractivity contribution is -0.120. The summed E-state index contributed by atoms with van der Waals surface area (Å²) in [6, 6.07) is 21.7. The van der Waals surface area contributed by atoms with Gasteiger partial charge in [0, 0.05) is 30.0 Å². The van der Waals surface area contributed by atoms with E-state index in [1.807, 2.05) is 30.3 Å². The van der Waals surface area contributed by atoms with Gasteiger partial charge >= 0.3 is 0 Å². The van der Waals surface area contributed by atoms with E-state index in [-0.39, 0.29) is 29.6 Å². The molecule has 1 aliphatic carbocycles. The largest absolute Gasteiger partial charge is 0.366 e. The number of hydrogen-bond acceptors (Lipinski definition) is 3. The van der Waals surface area contributed by atoms with Crippen molar-refractivity contribution in [2.45, 2.75) is 31.1 Å². The van der Waals surface area contributed by atoms with Crippen LogP contribution in [0.15, 0.2) is 84.1 Å². The summed E-state index contributed by atoms with van der Waals surface area (Å²) < 4.78 is 0. The lowest BCUT2D eigenvalue weighted by Gasteiger charge is -2.41. The molecule has 7 heteroatoms. The number of ketones is 1. The van der Waals surface area contributed by atoms with Crippen molar-refractivity contribution in [2.75, 3.05) is 4.90 Å². The van der Waals surface area contributed by atoms with Crippen LogP contribution in [0.25, 0.3) is 0 Å². The van der Waals surface area contributed by atoms with Gasteiger partial charge in [-0.15, -0.1) is 0 Å². The van der Waals surface area contributed by atoms with E-state index >= 15 is 0 Å². The number of benzene rings is 3. The minimum absolute atomic E-state index is 0.0216. The first-order valence-corrected chi connectivity index (χ1v) is 12.1. The quantitative estimate of drug-likeness (QED) is 0.471. The Kier molecular flexibility index (Phi) is 6.22. The molecule has 0 saturated carbocycles. The van der Waals surface area contributed by atoms with Gasteiger partial charge < -0.3 is 5.73 Å². The maximum absolute atomic E-state index is 13.7. The Bertz CT molecular complexity index is 1380. The maximum atomic E-state index is 13.7. The first-order chi connectivity index (χ1) is 16.9. The Morgan fingerprint density at radius 1 is 0.857 bits per heavy atom. The number of allylic oxidation sites excluding steroid dienone is 2. The molecular formula is C28H22Cl2N2O3. The Balaban J connectivity index is 1.72. The number of halogens is 2. The minimum atomic E-state index is -0.641. The third-order valence-electron chi connectivity index (χ3n) is 6.77. The minimum Gasteiger partial charge on any atom is -0.366 e. The van der Waals surface area contributed by atoms with E-state index in [1.54, 1.807) is 42.5 Å². The number of carbonyl (C=O) groups is 3. The van der Waals surface area contributed by atoms with E-state index < -0.39 is 11.8 Å². The van der Waals surface area contributed by atoms with Crippen LogP contribution in [0.1, 0.15) is 52.6 Å². The molecule has 2 aliphatic rings. The first kappa shape index (κ1) is 23.3. The molecule has 1 aliphatic heterocycles. The Hall–Kier alpha value is -3.41. The van der Waals surface area contributed by atoms with E-state index in [9.17, 15) is 14.4 Å². The predicted molar refractivity (Wildman–Crippen MR) is 137 cm³/mol. The number of amides is 2. The van der Waals surface area contributed by atoms with Crippen molar-refractivity contribution < 1.29 is 14.4 Å². The van der Waals surface area contributed by atoms with Gasteiger partial charge in [-0.3, -0.25) is 19.3 Å². The van der Waals surface area contributed by atoms with Gasteiger partial charge in [0.25, 0.3) is 5.91 Å². The van der Waals surface area contributed by atoms with Gasteiger partial charge in [0.2, 0.25) is 5.91 Å². The maximum Gasteiger partial charge on any atom is 0.250 e. The zero-order chi connectivity index (χ0) is 24.7. The molecule has 176 valence electrons. The molecule has 0 spiro atoms. The van der Waals surface area contributed by atoms with Crippen LogP contribution in [0.5, 0.6) is 0 Å². The summed E-state index contributed by atoms with van der Waals surface area (Å²) in [7, 11) is 0. The van der Waals surface area contributed by atoms with Crippen LogP contribution in [0, 0.1) is 0 Å². The standard InChI is InChI=1S/C28H22Cl2N2O3/c29-21-11-6-10-18(27(21)30)20-15-25(34)32(22-12-5-4-9-19(22)28(31)35)23-13-17(14-24(33)26(20)23)16-7-2-1-3-8-16/h1-12,17,20H,13-15H2,(H2,31,35). The van der Waals surface area contributed by atoms with Gasteiger partial charge in [-0.1, -0.05) is 77.8 Å². The number of rotatable bonds is 4. The lowest BCUT2D eigenvalue weighted by atomic mass is 9.72. The number of nitrogens with two attached hydrogens (primary N) is 1. The summed E-state index contributed by atoms with van der Waals surface area (Å²) in [6.07, 6.45) is 0.795. The number of anilines is 1. The van der Waals surface area contributed by atoms with Crippen LogP contribution in [0.2, 0.25) is 10.0 Å². The van der Waals surface area contributed by atoms with Gasteiger partial charge in [-0.2, -0.15) is 0 Å². The van der Waals surface area contributed by atoms with Crippen molar-refractivity contribution >= 4 is 46.5 Å². The van der Waals surface area contributed by atoms with Crippen molar-refractivity contribution in [1.29, 1.82) is 0 Å². The van der Waals surface area contributed by atoms with Crippen LogP contribution >= 0.6 is 23.2 Å². The zero-order valence-electron chi connectivity index (χ0n) is 18.7. The van der Waals surface area contributed by atoms with E-state index in [0.717, 1.165) is 5.56 Å². The average Bonchev–Trinajstić information content (AvgIpc) is 2.85. The number of Topliss-reactive ketones (excluding diaryl/α,β-unsaturated/α-hetero) is 1. The van der Waals surface area contributed by atoms with Gasteiger partial charge in [0.1, 0.15) is 0 Å². The molecule has 0 aromatic heterocycles. The highest BCUT2D eigenvalue weighted by atomic mass is 35.5. The highest BCUT2D eigenvalue weighted by Gasteiger charge is 2.43. The second kappa shape index (κ2) is 9.33. The lowest BCUT2D eigenvalue weighted by Crippen LogP contribution is -2.42. The molecule has 3 aromatic carbocycles. The zero-order valence-corrected chi connectivity index (χ0v) is 20.2. The Morgan fingerprint density at radius 2 is 1.57 bits per heavy atom. The van der Waals surface area contributed by atoms with Gasteiger partial charge in [0.15, 0.2) is 5.78 Å². The SMILES string of the molecule is NC(=O)c1ccccc1N1C(=O)CC(c2cccc(Cl)c2Cl)C2=C1CC(c1ccccc1)CC2=O. The Labute approximate surface area is 213 Å². The van der Waals surface area contributed by atoms with Crippen molar-refractivity contribution in [2.24, 2.45) is 5.73 Å². The molecule has 2 N–H and O–H groups in total. The molecule has 2 atom stereocenters. The van der Waals surface area contributed by atoms with E-state index in [4.69, 9.17) is 28.9 Å². The molecule has 0 fully saturated rings. The number of primary amides is 1. The summed E-state index contributed by atoms with van der Waals surface area (Å²) >= 11 is 12.8. The fraction of sp³-hybridized carbons (Fsp3) is 0.179. The topological polar surface area (TPSA) is 80.5 Å². The monoisotopic (exact) mass is 504 g/mol. The fourth-order valence-electron chi connectivity index (χ4n) is 5.21. The molecule has 1 heterocycles. The molecule has 2 amide bonds. The van der Waals surface area contributed by atoms with Crippen LogP contribution in [-0.2, 0) is 9.59 Å². The molecule has 2 unspecified atom stereocenters. The van der Waals surface area contributed by atoms with Crippen molar-refractivity contribution in [3.63, 3.8) is 0 Å². The molecule has 0 bridgehead atoms. The van der Waals surface area contributed by atoms with Gasteiger partial charge in [-0.25, -0.2) is 0 Å². The average molecular weight is 505 g/mol. The van der Waals surface area contributed by atoms with Crippen LogP contribution in [0.4, 0.5) is 5.69 Å². The smallest absolute Gasteiger partial charge is 0.250 e. The fourth-order valence-corrected chi connectivity index (χ4v) is 5.65. The van der Waals surface area contributed by atoms with E-state index in [2.05, 4.69) is 0 Å². The molecular weight excluding hydrogens is 483 g/mol. The second-order valence-corrected chi connectivity index (χ2v) is 9.59. The predicted octanol–water partition coefficient (Wildman–Crippen LogP) is 6.01. The number of hydrogen-bond donors (Lipinski definition) is 1. The normalized spacial score (nSPS) is 20.1. The molecule has 5 nitrogen and oxygen atoms in total. The summed E-state index contributed by atoms with van der Waals surface area (Å²) in [5.74, 6) is -1.55. The highest BCUT2D eigenvalue weighted by molar-refractivity contribution is 6.42. The molecule has 0 radical (unpaired) electrons. The third-order valence-corrected chi connectivity index (χ3v) is 7.60. The van der Waals surface area contributed by atoms with Gasteiger partial charge in [0.05, 0.1) is 21.3 Å².